The third-order valence-electron chi connectivity index (χ3n) is 11.0. The molecular formula is C38H48NO4+. The van der Waals surface area contributed by atoms with Gasteiger partial charge >= 0.3 is 0 Å². The summed E-state index contributed by atoms with van der Waals surface area (Å²) in [7, 11) is 0. The fraction of sp³-hybridized carbons (Fsp3) is 0.526. The highest BCUT2D eigenvalue weighted by Gasteiger charge is 2.61. The molecular weight excluding hydrogens is 534 g/mol. The van der Waals surface area contributed by atoms with E-state index >= 15 is 0 Å². The minimum absolute atomic E-state index is 0.00918. The molecule has 1 aromatic heterocycles. The Hall–Kier alpha value is -3.34. The molecule has 3 atom stereocenters. The van der Waals surface area contributed by atoms with Crippen LogP contribution in [-0.4, -0.2) is 25.1 Å². The Bertz CT molecular complexity index is 1630. The maximum atomic E-state index is 11.7. The molecule has 228 valence electrons. The van der Waals surface area contributed by atoms with Gasteiger partial charge in [-0.25, -0.2) is 0 Å². The number of hydrogen-bond acceptors (Lipinski definition) is 4. The fourth-order valence-corrected chi connectivity index (χ4v) is 8.59. The molecule has 0 saturated heterocycles. The standard InChI is InChI=1S/C38H48NO4/c1-9-12-14-27-23-42-35-30(43-27)22-26-17-19-39-34-31(26)33(35)36(6,7)28-15-13-16-29(32(28)34)37(8,10-2)38(39,11-3)18-20-41-25(5)21-24(4)40/h13,15-17,19,21-22,27H,9-12,14,18,20,23H2,1-8H3/q+1. The average molecular weight is 583 g/mol. The van der Waals surface area contributed by atoms with E-state index in [1.807, 2.05) is 6.92 Å². The van der Waals surface area contributed by atoms with Gasteiger partial charge < -0.3 is 14.2 Å². The van der Waals surface area contributed by atoms with Crippen LogP contribution in [0.5, 0.6) is 11.5 Å². The maximum absolute atomic E-state index is 11.7. The number of pyridine rings is 1. The van der Waals surface area contributed by atoms with Crippen LogP contribution < -0.4 is 14.0 Å². The van der Waals surface area contributed by atoms with Crippen molar-refractivity contribution in [2.45, 2.75) is 116 Å². The van der Waals surface area contributed by atoms with E-state index in [0.717, 1.165) is 50.0 Å². The molecule has 0 radical (unpaired) electrons. The molecule has 0 bridgehead atoms. The number of rotatable bonds is 10. The van der Waals surface area contributed by atoms with Crippen molar-refractivity contribution in [1.29, 1.82) is 0 Å². The summed E-state index contributed by atoms with van der Waals surface area (Å²) in [6.45, 7) is 18.6. The van der Waals surface area contributed by atoms with Crippen molar-refractivity contribution in [2.75, 3.05) is 13.2 Å². The second-order valence-corrected chi connectivity index (χ2v) is 13.7. The predicted octanol–water partition coefficient (Wildman–Crippen LogP) is 8.45. The van der Waals surface area contributed by atoms with Gasteiger partial charge in [-0.3, -0.25) is 4.79 Å². The summed E-state index contributed by atoms with van der Waals surface area (Å²) < 4.78 is 22.1. The number of carbonyl (C=O) groups excluding carboxylic acids is 1. The van der Waals surface area contributed by atoms with Crippen molar-refractivity contribution >= 4 is 16.6 Å². The Morgan fingerprint density at radius 1 is 1.09 bits per heavy atom. The Morgan fingerprint density at radius 2 is 1.86 bits per heavy atom. The van der Waals surface area contributed by atoms with E-state index in [1.165, 1.54) is 38.7 Å². The number of ketones is 1. The number of hydrogen-bond donors (Lipinski definition) is 0. The third kappa shape index (κ3) is 4.24. The molecule has 43 heavy (non-hydrogen) atoms. The Labute approximate surface area is 257 Å². The summed E-state index contributed by atoms with van der Waals surface area (Å²) in [6.07, 6.45) is 10.1. The first kappa shape index (κ1) is 29.7. The molecule has 0 fully saturated rings. The number of ether oxygens (including phenoxy) is 3. The van der Waals surface area contributed by atoms with Crippen LogP contribution in [0.25, 0.3) is 22.0 Å². The van der Waals surface area contributed by atoms with Crippen molar-refractivity contribution in [3.05, 3.63) is 65.1 Å². The van der Waals surface area contributed by atoms with Crippen LogP contribution in [0.1, 0.15) is 111 Å². The highest BCUT2D eigenvalue weighted by molar-refractivity contribution is 6.04. The zero-order valence-electron chi connectivity index (χ0n) is 27.4. The summed E-state index contributed by atoms with van der Waals surface area (Å²) in [5, 5.41) is 2.49. The van der Waals surface area contributed by atoms with Crippen LogP contribution in [0.4, 0.5) is 0 Å². The summed E-state index contributed by atoms with van der Waals surface area (Å²) in [5.41, 5.74) is 6.06. The van der Waals surface area contributed by atoms with Crippen LogP contribution in [0.2, 0.25) is 0 Å². The fourth-order valence-electron chi connectivity index (χ4n) is 8.59. The van der Waals surface area contributed by atoms with E-state index < -0.39 is 0 Å². The molecule has 2 aromatic carbocycles. The van der Waals surface area contributed by atoms with Crippen molar-refractivity contribution < 1.29 is 23.6 Å². The quantitative estimate of drug-likeness (QED) is 0.137. The van der Waals surface area contributed by atoms with E-state index in [-0.39, 0.29) is 28.3 Å². The lowest BCUT2D eigenvalue weighted by molar-refractivity contribution is -0.769. The zero-order valence-corrected chi connectivity index (χ0v) is 27.4. The number of aromatic nitrogens is 1. The molecule has 0 N–H and O–H groups in total. The molecule has 0 saturated carbocycles. The van der Waals surface area contributed by atoms with Gasteiger partial charge in [0.25, 0.3) is 0 Å². The van der Waals surface area contributed by atoms with Gasteiger partial charge in [0.05, 0.1) is 28.7 Å². The monoisotopic (exact) mass is 582 g/mol. The smallest absolute Gasteiger partial charge is 0.221 e. The predicted molar refractivity (Wildman–Crippen MR) is 172 cm³/mol. The van der Waals surface area contributed by atoms with Crippen molar-refractivity contribution in [2.24, 2.45) is 0 Å². The number of unbranched alkanes of at least 4 members (excludes halogenated alkanes) is 1. The second-order valence-electron chi connectivity index (χ2n) is 13.7. The molecule has 3 heterocycles. The Morgan fingerprint density at radius 3 is 2.56 bits per heavy atom. The molecule has 1 aliphatic carbocycles. The van der Waals surface area contributed by atoms with E-state index in [1.54, 1.807) is 13.0 Å². The van der Waals surface area contributed by atoms with Crippen LogP contribution in [-0.2, 0) is 25.9 Å². The maximum Gasteiger partial charge on any atom is 0.221 e. The minimum atomic E-state index is -0.265. The van der Waals surface area contributed by atoms with Crippen molar-refractivity contribution in [3.8, 4) is 22.8 Å². The van der Waals surface area contributed by atoms with Gasteiger partial charge in [-0.2, -0.15) is 4.57 Å². The van der Waals surface area contributed by atoms with Crippen molar-refractivity contribution in [3.63, 3.8) is 0 Å². The van der Waals surface area contributed by atoms with Gasteiger partial charge in [0.15, 0.2) is 29.0 Å². The Balaban J connectivity index is 1.61. The number of nitrogens with zero attached hydrogens (tertiary/aromatic N) is 1. The lowest BCUT2D eigenvalue weighted by Crippen LogP contribution is -2.70. The van der Waals surface area contributed by atoms with Gasteiger partial charge in [0.1, 0.15) is 12.7 Å². The van der Waals surface area contributed by atoms with E-state index in [0.29, 0.717) is 19.0 Å². The summed E-state index contributed by atoms with van der Waals surface area (Å²) in [4.78, 5) is 11.7. The number of benzene rings is 2. The van der Waals surface area contributed by atoms with Gasteiger partial charge in [0.2, 0.25) is 5.69 Å². The van der Waals surface area contributed by atoms with Crippen LogP contribution in [0, 0.1) is 0 Å². The molecule has 5 heteroatoms. The SMILES string of the molecule is CCCCC1COc2c(cc3cc[n+]4c5c3c2C(C)(C)c2cccc(c2-5)C(C)(CC)C4(CC)CCOC(C)=CC(C)=O)O1. The molecule has 5 nitrogen and oxygen atoms in total. The summed E-state index contributed by atoms with van der Waals surface area (Å²) in [5.74, 6) is 2.47. The molecule has 3 aromatic rings. The molecule has 0 amide bonds. The number of allylic oxidation sites excluding steroid dienone is 2. The van der Waals surface area contributed by atoms with E-state index in [4.69, 9.17) is 14.2 Å². The average Bonchev–Trinajstić information content (AvgIpc) is 2.98. The highest BCUT2D eigenvalue weighted by Crippen LogP contribution is 2.60. The molecule has 0 spiro atoms. The lowest BCUT2D eigenvalue weighted by Gasteiger charge is -2.50. The largest absolute Gasteiger partial charge is 0.498 e. The minimum Gasteiger partial charge on any atom is -0.498 e. The number of carbonyl (C=O) groups is 1. The van der Waals surface area contributed by atoms with E-state index in [9.17, 15) is 4.79 Å². The van der Waals surface area contributed by atoms with Gasteiger partial charge in [0, 0.05) is 36.0 Å². The molecule has 3 unspecified atom stereocenters. The molecule has 6 rings (SSSR count). The second kappa shape index (κ2) is 10.7. The van der Waals surface area contributed by atoms with E-state index in [2.05, 4.69) is 82.6 Å². The third-order valence-corrected chi connectivity index (χ3v) is 11.0. The van der Waals surface area contributed by atoms with Gasteiger partial charge in [-0.05, 0) is 62.6 Å². The zero-order chi connectivity index (χ0) is 30.7. The van der Waals surface area contributed by atoms with Crippen LogP contribution in [0.15, 0.2) is 48.4 Å². The lowest BCUT2D eigenvalue weighted by atomic mass is 9.55. The van der Waals surface area contributed by atoms with Crippen LogP contribution in [0.3, 0.4) is 0 Å². The topological polar surface area (TPSA) is 48.6 Å². The first-order valence-electron chi connectivity index (χ1n) is 16.4. The number of fused-ring (bicyclic) bond motifs is 2. The summed E-state index contributed by atoms with van der Waals surface area (Å²) >= 11 is 0. The summed E-state index contributed by atoms with van der Waals surface area (Å²) in [6, 6.07) is 11.5. The first-order chi connectivity index (χ1) is 20.5. The van der Waals surface area contributed by atoms with Gasteiger partial charge in [-0.15, -0.1) is 0 Å². The Kier molecular flexibility index (Phi) is 7.38. The van der Waals surface area contributed by atoms with Gasteiger partial charge in [-0.1, -0.05) is 59.2 Å². The van der Waals surface area contributed by atoms with Crippen LogP contribution >= 0.6 is 0 Å². The first-order valence-corrected chi connectivity index (χ1v) is 16.4. The van der Waals surface area contributed by atoms with Crippen molar-refractivity contribution in [1.82, 2.24) is 0 Å². The molecule has 3 aliphatic rings. The normalized spacial score (nSPS) is 24.7. The molecule has 2 aliphatic heterocycles. The highest BCUT2D eigenvalue weighted by atomic mass is 16.6.